The lowest BCUT2D eigenvalue weighted by molar-refractivity contribution is 0.101. The van der Waals surface area contributed by atoms with Gasteiger partial charge in [0.1, 0.15) is 0 Å². The highest BCUT2D eigenvalue weighted by atomic mass is 16.5. The number of hydrogen-bond donors (Lipinski definition) is 2. The van der Waals surface area contributed by atoms with E-state index in [1.165, 1.54) is 7.11 Å². The van der Waals surface area contributed by atoms with Gasteiger partial charge < -0.3 is 25.0 Å². The fraction of sp³-hybridized carbons (Fsp3) is 0.529. The fourth-order valence-corrected chi connectivity index (χ4v) is 2.82. The normalized spacial score (nSPS) is 18.6. The first kappa shape index (κ1) is 18.1. The Labute approximate surface area is 142 Å². The minimum Gasteiger partial charge on any atom is -0.453 e. The van der Waals surface area contributed by atoms with E-state index in [1.54, 1.807) is 12.0 Å². The van der Waals surface area contributed by atoms with E-state index in [9.17, 15) is 9.59 Å². The van der Waals surface area contributed by atoms with E-state index in [4.69, 9.17) is 9.47 Å². The second-order valence-corrected chi connectivity index (χ2v) is 5.74. The van der Waals surface area contributed by atoms with E-state index in [1.807, 2.05) is 30.3 Å². The summed E-state index contributed by atoms with van der Waals surface area (Å²) in [5, 5.41) is 5.73. The molecular formula is C17H25N3O4. The molecule has 132 valence electrons. The van der Waals surface area contributed by atoms with Gasteiger partial charge >= 0.3 is 12.1 Å². The van der Waals surface area contributed by atoms with Crippen molar-refractivity contribution in [2.45, 2.75) is 25.0 Å². The second kappa shape index (κ2) is 9.12. The monoisotopic (exact) mass is 335 g/mol. The Bertz CT molecular complexity index is 538. The van der Waals surface area contributed by atoms with Crippen LogP contribution in [0.4, 0.5) is 9.59 Å². The van der Waals surface area contributed by atoms with E-state index >= 15 is 0 Å². The van der Waals surface area contributed by atoms with Crippen molar-refractivity contribution in [1.29, 1.82) is 0 Å². The van der Waals surface area contributed by atoms with Gasteiger partial charge in [-0.25, -0.2) is 9.59 Å². The van der Waals surface area contributed by atoms with Crippen LogP contribution in [0.15, 0.2) is 30.3 Å². The number of carbonyl (C=O) groups is 2. The number of methoxy groups -OCH3 is 2. The number of rotatable bonds is 5. The molecule has 0 bridgehead atoms. The Morgan fingerprint density at radius 2 is 2.04 bits per heavy atom. The minimum absolute atomic E-state index is 0.0735. The number of benzene rings is 1. The third-order valence-electron chi connectivity index (χ3n) is 4.09. The first-order valence-corrected chi connectivity index (χ1v) is 8.09. The Hall–Kier alpha value is -2.28. The Kier molecular flexibility index (Phi) is 6.87. The maximum absolute atomic E-state index is 12.1. The number of likely N-dealkylation sites (tertiary alicyclic amines) is 1. The zero-order valence-corrected chi connectivity index (χ0v) is 14.2. The summed E-state index contributed by atoms with van der Waals surface area (Å²) in [7, 11) is 2.98. The molecule has 1 saturated heterocycles. The zero-order valence-electron chi connectivity index (χ0n) is 14.2. The Morgan fingerprint density at radius 1 is 1.29 bits per heavy atom. The van der Waals surface area contributed by atoms with Crippen LogP contribution >= 0.6 is 0 Å². The van der Waals surface area contributed by atoms with Crippen LogP contribution in [0.3, 0.4) is 0 Å². The number of piperidine rings is 1. The van der Waals surface area contributed by atoms with Crippen LogP contribution in [0.5, 0.6) is 0 Å². The molecule has 1 fully saturated rings. The Balaban J connectivity index is 1.79. The highest BCUT2D eigenvalue weighted by Crippen LogP contribution is 2.15. The molecule has 2 atom stereocenters. The summed E-state index contributed by atoms with van der Waals surface area (Å²) in [6.07, 6.45) is 1.12. The molecule has 3 amide bonds. The Morgan fingerprint density at radius 3 is 2.71 bits per heavy atom. The van der Waals surface area contributed by atoms with Crippen molar-refractivity contribution in [2.75, 3.05) is 33.9 Å². The van der Waals surface area contributed by atoms with Gasteiger partial charge in [0.15, 0.2) is 0 Å². The van der Waals surface area contributed by atoms with Crippen LogP contribution in [0.2, 0.25) is 0 Å². The van der Waals surface area contributed by atoms with Crippen molar-refractivity contribution in [3.05, 3.63) is 35.9 Å². The van der Waals surface area contributed by atoms with E-state index in [2.05, 4.69) is 10.6 Å². The number of hydrogen-bond acceptors (Lipinski definition) is 4. The summed E-state index contributed by atoms with van der Waals surface area (Å²) in [5.41, 5.74) is 1.01. The van der Waals surface area contributed by atoms with Crippen molar-refractivity contribution in [2.24, 2.45) is 0 Å². The van der Waals surface area contributed by atoms with E-state index < -0.39 is 0 Å². The lowest BCUT2D eigenvalue weighted by Gasteiger charge is -2.32. The van der Waals surface area contributed by atoms with Crippen LogP contribution < -0.4 is 10.6 Å². The number of nitrogens with one attached hydrogen (secondary N) is 2. The van der Waals surface area contributed by atoms with Crippen LogP contribution in [0.1, 0.15) is 24.5 Å². The maximum atomic E-state index is 12.1. The molecule has 1 aliphatic rings. The molecule has 1 aromatic rings. The summed E-state index contributed by atoms with van der Waals surface area (Å²) >= 11 is 0. The minimum atomic E-state index is -0.356. The van der Waals surface area contributed by atoms with Crippen LogP contribution in [-0.2, 0) is 9.47 Å². The van der Waals surface area contributed by atoms with E-state index in [-0.39, 0.29) is 24.3 Å². The lowest BCUT2D eigenvalue weighted by atomic mass is 10.1. The van der Waals surface area contributed by atoms with Crippen molar-refractivity contribution in [1.82, 2.24) is 15.5 Å². The summed E-state index contributed by atoms with van der Waals surface area (Å²) in [6.45, 7) is 1.50. The lowest BCUT2D eigenvalue weighted by Crippen LogP contribution is -2.52. The second-order valence-electron chi connectivity index (χ2n) is 5.74. The van der Waals surface area contributed by atoms with Gasteiger partial charge in [0.25, 0.3) is 0 Å². The van der Waals surface area contributed by atoms with Gasteiger partial charge in [0.05, 0.1) is 13.2 Å². The molecule has 0 unspecified atom stereocenters. The number of amides is 3. The quantitative estimate of drug-likeness (QED) is 0.861. The summed E-state index contributed by atoms with van der Waals surface area (Å²) in [4.78, 5) is 25.3. The van der Waals surface area contributed by atoms with Crippen LogP contribution in [-0.4, -0.2) is 56.9 Å². The van der Waals surface area contributed by atoms with Crippen molar-refractivity contribution >= 4 is 12.1 Å². The number of nitrogens with zero attached hydrogens (tertiary/aromatic N) is 1. The average Bonchev–Trinajstić information content (AvgIpc) is 2.62. The first-order chi connectivity index (χ1) is 11.6. The molecule has 0 radical (unpaired) electrons. The third kappa shape index (κ3) is 5.13. The highest BCUT2D eigenvalue weighted by molar-refractivity contribution is 5.74. The summed E-state index contributed by atoms with van der Waals surface area (Å²) in [5.74, 6) is 0. The molecule has 7 heteroatoms. The molecule has 24 heavy (non-hydrogen) atoms. The van der Waals surface area contributed by atoms with Gasteiger partial charge in [0, 0.05) is 32.8 Å². The molecule has 1 heterocycles. The topological polar surface area (TPSA) is 79.9 Å². The average molecular weight is 335 g/mol. The third-order valence-corrected chi connectivity index (χ3v) is 4.09. The van der Waals surface area contributed by atoms with Gasteiger partial charge in [-0.15, -0.1) is 0 Å². The zero-order chi connectivity index (χ0) is 17.4. The van der Waals surface area contributed by atoms with Crippen LogP contribution in [0, 0.1) is 0 Å². The molecule has 0 aromatic heterocycles. The highest BCUT2D eigenvalue weighted by Gasteiger charge is 2.25. The predicted molar refractivity (Wildman–Crippen MR) is 89.7 cm³/mol. The molecule has 1 aromatic carbocycles. The van der Waals surface area contributed by atoms with Crippen molar-refractivity contribution in [3.8, 4) is 0 Å². The molecule has 0 spiro atoms. The van der Waals surface area contributed by atoms with Gasteiger partial charge in [-0.1, -0.05) is 30.3 Å². The summed E-state index contributed by atoms with van der Waals surface area (Å²) < 4.78 is 10.2. The van der Waals surface area contributed by atoms with Crippen molar-refractivity contribution in [3.63, 3.8) is 0 Å². The molecular weight excluding hydrogens is 310 g/mol. The molecule has 2 rings (SSSR count). The van der Waals surface area contributed by atoms with Gasteiger partial charge in [-0.3, -0.25) is 0 Å². The molecule has 1 aliphatic heterocycles. The van der Waals surface area contributed by atoms with E-state index in [0.717, 1.165) is 18.4 Å². The molecule has 0 aliphatic carbocycles. The van der Waals surface area contributed by atoms with Gasteiger partial charge in [-0.2, -0.15) is 0 Å². The molecule has 0 saturated carbocycles. The SMILES string of the molecule is COC(=O)N1CCC[C@H](NC(=O)NC[C@@H](OC)c2ccccc2)C1. The predicted octanol–water partition coefficient (Wildman–Crippen LogP) is 1.90. The number of carbonyl (C=O) groups excluding carboxylic acids is 2. The molecule has 7 nitrogen and oxygen atoms in total. The molecule has 2 N–H and O–H groups in total. The van der Waals surface area contributed by atoms with Crippen molar-refractivity contribution < 1.29 is 19.1 Å². The largest absolute Gasteiger partial charge is 0.453 e. The standard InChI is InChI=1S/C17H25N3O4/c1-23-15(13-7-4-3-5-8-13)11-18-16(21)19-14-9-6-10-20(12-14)17(22)24-2/h3-5,7-8,14-15H,6,9-12H2,1-2H3,(H2,18,19,21)/t14-,15+/m0/s1. The number of urea groups is 1. The van der Waals surface area contributed by atoms with Crippen LogP contribution in [0.25, 0.3) is 0 Å². The smallest absolute Gasteiger partial charge is 0.409 e. The van der Waals surface area contributed by atoms with Gasteiger partial charge in [-0.05, 0) is 18.4 Å². The summed E-state index contributed by atoms with van der Waals surface area (Å²) in [6, 6.07) is 9.40. The van der Waals surface area contributed by atoms with E-state index in [0.29, 0.717) is 19.6 Å². The fourth-order valence-electron chi connectivity index (χ4n) is 2.82. The maximum Gasteiger partial charge on any atom is 0.409 e. The number of ether oxygens (including phenoxy) is 2. The first-order valence-electron chi connectivity index (χ1n) is 8.09. The van der Waals surface area contributed by atoms with Gasteiger partial charge in [0.2, 0.25) is 0 Å².